The number of ketones is 1. The second-order valence-electron chi connectivity index (χ2n) is 7.59. The summed E-state index contributed by atoms with van der Waals surface area (Å²) in [5, 5.41) is 11.5. The second-order valence-corrected chi connectivity index (χ2v) is 7.99. The van der Waals surface area contributed by atoms with Gasteiger partial charge < -0.3 is 23.9 Å². The number of hydrogen-bond donors (Lipinski definition) is 1. The van der Waals surface area contributed by atoms with E-state index in [4.69, 9.17) is 25.5 Å². The zero-order valence-corrected chi connectivity index (χ0v) is 19.5. The monoisotopic (exact) mass is 481 g/mol. The molecule has 2 heterocycles. The highest BCUT2D eigenvalue weighted by Crippen LogP contribution is 2.42. The van der Waals surface area contributed by atoms with Crippen LogP contribution < -0.4 is 9.47 Å². The number of carbonyl (C=O) groups is 2. The Hall–Kier alpha value is -3.71. The van der Waals surface area contributed by atoms with Crippen molar-refractivity contribution in [2.24, 2.45) is 0 Å². The highest BCUT2D eigenvalue weighted by Gasteiger charge is 2.46. The van der Waals surface area contributed by atoms with E-state index in [0.29, 0.717) is 36.0 Å². The number of ether oxygens (including phenoxy) is 2. The predicted octanol–water partition coefficient (Wildman–Crippen LogP) is 5.35. The maximum absolute atomic E-state index is 13.2. The van der Waals surface area contributed by atoms with Crippen LogP contribution in [0.1, 0.15) is 36.8 Å². The molecule has 1 N–H and O–H groups in total. The molecular formula is C26H24ClNO6. The van der Waals surface area contributed by atoms with E-state index < -0.39 is 17.7 Å². The topological polar surface area (TPSA) is 89.2 Å². The van der Waals surface area contributed by atoms with Gasteiger partial charge in [0.15, 0.2) is 0 Å². The molecule has 1 aromatic heterocycles. The third kappa shape index (κ3) is 4.52. The van der Waals surface area contributed by atoms with Crippen LogP contribution in [0.2, 0.25) is 5.02 Å². The smallest absolute Gasteiger partial charge is 0.296 e. The Kier molecular flexibility index (Phi) is 6.93. The van der Waals surface area contributed by atoms with E-state index in [1.54, 1.807) is 54.6 Å². The van der Waals surface area contributed by atoms with Crippen molar-refractivity contribution in [2.75, 3.05) is 13.2 Å². The minimum absolute atomic E-state index is 0.0462. The Bertz CT molecular complexity index is 1230. The van der Waals surface area contributed by atoms with E-state index in [0.717, 1.165) is 0 Å². The zero-order valence-electron chi connectivity index (χ0n) is 18.8. The quantitative estimate of drug-likeness (QED) is 0.265. The van der Waals surface area contributed by atoms with Gasteiger partial charge in [-0.15, -0.1) is 0 Å². The van der Waals surface area contributed by atoms with E-state index in [-0.39, 0.29) is 28.5 Å². The molecule has 1 fully saturated rings. The molecule has 0 radical (unpaired) electrons. The predicted molar refractivity (Wildman–Crippen MR) is 127 cm³/mol. The number of furan rings is 1. The van der Waals surface area contributed by atoms with Crippen molar-refractivity contribution in [3.05, 3.63) is 88.3 Å². The van der Waals surface area contributed by atoms with Crippen molar-refractivity contribution in [1.82, 2.24) is 4.90 Å². The molecule has 1 saturated heterocycles. The van der Waals surface area contributed by atoms with E-state index in [1.165, 1.54) is 11.2 Å². The maximum atomic E-state index is 13.2. The number of aliphatic hydroxyl groups is 1. The molecule has 0 saturated carbocycles. The van der Waals surface area contributed by atoms with Crippen molar-refractivity contribution in [3.8, 4) is 11.5 Å². The highest BCUT2D eigenvalue weighted by atomic mass is 35.5. The number of Topliss-reactive ketones (excluding diaryl/α,β-unsaturated/α-hetero) is 1. The molecule has 7 nitrogen and oxygen atoms in total. The average molecular weight is 482 g/mol. The maximum Gasteiger partial charge on any atom is 0.296 e. The van der Waals surface area contributed by atoms with Crippen LogP contribution >= 0.6 is 11.6 Å². The van der Waals surface area contributed by atoms with Gasteiger partial charge in [-0.3, -0.25) is 9.59 Å². The first-order valence-electron chi connectivity index (χ1n) is 10.9. The van der Waals surface area contributed by atoms with Crippen molar-refractivity contribution in [3.63, 3.8) is 0 Å². The summed E-state index contributed by atoms with van der Waals surface area (Å²) in [4.78, 5) is 27.7. The Labute approximate surface area is 202 Å². The number of likely N-dealkylation sites (tertiary alicyclic amines) is 1. The number of rotatable bonds is 8. The molecule has 1 aliphatic rings. The molecule has 2 aromatic carbocycles. The molecule has 3 aromatic rings. The minimum atomic E-state index is -0.877. The number of carbonyl (C=O) groups excluding carboxylic acids is 2. The van der Waals surface area contributed by atoms with Gasteiger partial charge in [0.25, 0.3) is 11.7 Å². The van der Waals surface area contributed by atoms with Gasteiger partial charge in [0, 0.05) is 5.56 Å². The molecule has 1 unspecified atom stereocenters. The summed E-state index contributed by atoms with van der Waals surface area (Å²) in [5.41, 5.74) is 0.741. The number of aliphatic hydroxyl groups excluding tert-OH is 1. The first kappa shape index (κ1) is 23.4. The lowest BCUT2D eigenvalue weighted by atomic mass is 9.95. The standard InChI is InChI=1S/C26H24ClNO6/c1-3-32-17-8-5-7-16(13-17)23-22(24(29)20-14-18(33-4-2)10-11-21(20)27)25(30)26(31)28(23)15-19-9-6-12-34-19/h5-14,23,29H,3-4,15H2,1-2H3/b24-22+. The number of nitrogens with zero attached hydrogens (tertiary/aromatic N) is 1. The summed E-state index contributed by atoms with van der Waals surface area (Å²) in [7, 11) is 0. The Morgan fingerprint density at radius 1 is 1.03 bits per heavy atom. The minimum Gasteiger partial charge on any atom is -0.507 e. The lowest BCUT2D eigenvalue weighted by Crippen LogP contribution is -2.29. The fourth-order valence-electron chi connectivity index (χ4n) is 3.99. The summed E-state index contributed by atoms with van der Waals surface area (Å²) in [5.74, 6) is -0.369. The molecule has 1 amide bonds. The third-order valence-electron chi connectivity index (χ3n) is 5.44. The third-order valence-corrected chi connectivity index (χ3v) is 5.76. The Balaban J connectivity index is 1.89. The lowest BCUT2D eigenvalue weighted by Gasteiger charge is -2.25. The number of halogens is 1. The molecular weight excluding hydrogens is 458 g/mol. The van der Waals surface area contributed by atoms with E-state index in [2.05, 4.69) is 0 Å². The molecule has 1 atom stereocenters. The van der Waals surface area contributed by atoms with E-state index in [9.17, 15) is 14.7 Å². The van der Waals surface area contributed by atoms with Crippen molar-refractivity contribution < 1.29 is 28.6 Å². The van der Waals surface area contributed by atoms with Gasteiger partial charge in [0.1, 0.15) is 23.0 Å². The van der Waals surface area contributed by atoms with Gasteiger partial charge in [-0.25, -0.2) is 0 Å². The normalized spacial score (nSPS) is 17.3. The van der Waals surface area contributed by atoms with Gasteiger partial charge in [0.2, 0.25) is 0 Å². The van der Waals surface area contributed by atoms with Crippen LogP contribution in [0.5, 0.6) is 11.5 Å². The van der Waals surface area contributed by atoms with Crippen LogP contribution in [-0.2, 0) is 16.1 Å². The van der Waals surface area contributed by atoms with E-state index >= 15 is 0 Å². The SMILES string of the molecule is CCOc1cccc(C2/C(=C(\O)c3cc(OCC)ccc3Cl)C(=O)C(=O)N2Cc2ccco2)c1. The lowest BCUT2D eigenvalue weighted by molar-refractivity contribution is -0.140. The van der Waals surface area contributed by atoms with Crippen LogP contribution in [-0.4, -0.2) is 34.9 Å². The van der Waals surface area contributed by atoms with Gasteiger partial charge in [0.05, 0.1) is 42.7 Å². The number of amides is 1. The van der Waals surface area contributed by atoms with Gasteiger partial charge in [-0.05, 0) is 61.9 Å². The molecule has 1 aliphatic heterocycles. The summed E-state index contributed by atoms with van der Waals surface area (Å²) >= 11 is 6.37. The zero-order chi connectivity index (χ0) is 24.2. The van der Waals surface area contributed by atoms with Crippen LogP contribution in [0.15, 0.2) is 70.9 Å². The molecule has 176 valence electrons. The summed E-state index contributed by atoms with van der Waals surface area (Å²) in [6.45, 7) is 4.61. The first-order valence-corrected chi connectivity index (χ1v) is 11.3. The van der Waals surface area contributed by atoms with Gasteiger partial charge in [-0.2, -0.15) is 0 Å². The highest BCUT2D eigenvalue weighted by molar-refractivity contribution is 6.47. The van der Waals surface area contributed by atoms with E-state index in [1.807, 2.05) is 13.8 Å². The van der Waals surface area contributed by atoms with Crippen molar-refractivity contribution in [2.45, 2.75) is 26.4 Å². The van der Waals surface area contributed by atoms with Crippen LogP contribution in [0, 0.1) is 0 Å². The molecule has 8 heteroatoms. The summed E-state index contributed by atoms with van der Waals surface area (Å²) in [6.07, 6.45) is 1.50. The van der Waals surface area contributed by atoms with Crippen LogP contribution in [0.3, 0.4) is 0 Å². The van der Waals surface area contributed by atoms with Crippen LogP contribution in [0.25, 0.3) is 5.76 Å². The molecule has 34 heavy (non-hydrogen) atoms. The van der Waals surface area contributed by atoms with Crippen molar-refractivity contribution in [1.29, 1.82) is 0 Å². The average Bonchev–Trinajstić information content (AvgIpc) is 3.43. The van der Waals surface area contributed by atoms with Gasteiger partial charge in [-0.1, -0.05) is 23.7 Å². The second kappa shape index (κ2) is 10.1. The fraction of sp³-hybridized carbons (Fsp3) is 0.231. The molecule has 0 spiro atoms. The summed E-state index contributed by atoms with van der Waals surface area (Å²) in [6, 6.07) is 14.4. The van der Waals surface area contributed by atoms with Gasteiger partial charge >= 0.3 is 0 Å². The number of hydrogen-bond acceptors (Lipinski definition) is 6. The molecule has 0 bridgehead atoms. The first-order chi connectivity index (χ1) is 16.4. The Morgan fingerprint density at radius 2 is 1.76 bits per heavy atom. The molecule has 0 aliphatic carbocycles. The van der Waals surface area contributed by atoms with Crippen LogP contribution in [0.4, 0.5) is 0 Å². The number of benzene rings is 2. The van der Waals surface area contributed by atoms with Crippen molar-refractivity contribution >= 4 is 29.1 Å². The fourth-order valence-corrected chi connectivity index (χ4v) is 4.20. The Morgan fingerprint density at radius 3 is 2.44 bits per heavy atom. The summed E-state index contributed by atoms with van der Waals surface area (Å²) < 4.78 is 16.6. The largest absolute Gasteiger partial charge is 0.507 e. The molecule has 4 rings (SSSR count).